The zero-order valence-electron chi connectivity index (χ0n) is 4.43. The van der Waals surface area contributed by atoms with Crippen LogP contribution in [0.15, 0.2) is 0 Å². The van der Waals surface area contributed by atoms with E-state index in [4.69, 9.17) is 5.11 Å². The maximum absolute atomic E-state index is 8.88. The first-order valence-electron chi connectivity index (χ1n) is 2.89. The van der Waals surface area contributed by atoms with Gasteiger partial charge in [0.15, 0.2) is 0 Å². The highest BCUT2D eigenvalue weighted by Gasteiger charge is 2.07. The summed E-state index contributed by atoms with van der Waals surface area (Å²) in [5.74, 6) is 0. The lowest BCUT2D eigenvalue weighted by molar-refractivity contribution is 0.148. The van der Waals surface area contributed by atoms with E-state index in [1.807, 2.05) is 0 Å². The Labute approximate surface area is 44.4 Å². The fourth-order valence-corrected chi connectivity index (χ4v) is 0.926. The van der Waals surface area contributed by atoms with E-state index in [1.165, 1.54) is 12.8 Å². The van der Waals surface area contributed by atoms with Crippen LogP contribution in [0.1, 0.15) is 25.7 Å². The van der Waals surface area contributed by atoms with Crippen molar-refractivity contribution in [1.29, 1.82) is 0 Å². The summed E-state index contributed by atoms with van der Waals surface area (Å²) >= 11 is 0. The minimum Gasteiger partial charge on any atom is -0.393 e. The Kier molecular flexibility index (Phi) is 1.69. The second-order valence-corrected chi connectivity index (χ2v) is 2.11. The predicted octanol–water partition coefficient (Wildman–Crippen LogP) is 1.13. The second-order valence-electron chi connectivity index (χ2n) is 2.11. The lowest BCUT2D eigenvalue weighted by Crippen LogP contribution is -2.10. The molecule has 1 unspecified atom stereocenters. The van der Waals surface area contributed by atoms with Gasteiger partial charge in [-0.15, -0.1) is 0 Å². The fraction of sp³-hybridized carbons (Fsp3) is 0.833. The molecule has 1 aliphatic carbocycles. The molecule has 0 aromatic rings. The molecule has 1 fully saturated rings. The van der Waals surface area contributed by atoms with Crippen molar-refractivity contribution in [2.45, 2.75) is 31.8 Å². The van der Waals surface area contributed by atoms with Crippen molar-refractivity contribution in [2.75, 3.05) is 0 Å². The molecule has 1 saturated carbocycles. The third-order valence-corrected chi connectivity index (χ3v) is 1.38. The molecule has 1 aliphatic rings. The average molecular weight is 99.2 g/mol. The largest absolute Gasteiger partial charge is 0.393 e. The van der Waals surface area contributed by atoms with E-state index in [9.17, 15) is 0 Å². The number of aliphatic hydroxyl groups excluding tert-OH is 1. The number of hydrogen-bond acceptors (Lipinski definition) is 1. The lowest BCUT2D eigenvalue weighted by Gasteiger charge is -2.14. The predicted molar refractivity (Wildman–Crippen MR) is 28.8 cm³/mol. The molecule has 0 spiro atoms. The van der Waals surface area contributed by atoms with E-state index in [-0.39, 0.29) is 6.10 Å². The average Bonchev–Trinajstić information content (AvgIpc) is 1.69. The highest BCUT2D eigenvalue weighted by molar-refractivity contribution is 4.76. The van der Waals surface area contributed by atoms with Gasteiger partial charge in [0.2, 0.25) is 0 Å². The number of aliphatic hydroxyl groups is 1. The van der Waals surface area contributed by atoms with Crippen LogP contribution in [0, 0.1) is 6.42 Å². The summed E-state index contributed by atoms with van der Waals surface area (Å²) in [6.07, 6.45) is 6.46. The van der Waals surface area contributed by atoms with Crippen LogP contribution >= 0.6 is 0 Å². The van der Waals surface area contributed by atoms with Crippen molar-refractivity contribution in [1.82, 2.24) is 0 Å². The minimum absolute atomic E-state index is 0.0197. The van der Waals surface area contributed by atoms with Crippen LogP contribution in [0.4, 0.5) is 0 Å². The van der Waals surface area contributed by atoms with Gasteiger partial charge < -0.3 is 5.11 Å². The Bertz CT molecular complexity index is 46.1. The molecule has 0 aromatic heterocycles. The van der Waals surface area contributed by atoms with Crippen LogP contribution < -0.4 is 0 Å². The number of rotatable bonds is 0. The van der Waals surface area contributed by atoms with Crippen molar-refractivity contribution >= 4 is 0 Å². The molecule has 0 heterocycles. The Morgan fingerprint density at radius 3 is 2.71 bits per heavy atom. The van der Waals surface area contributed by atoms with Gasteiger partial charge in [-0.05, 0) is 25.7 Å². The van der Waals surface area contributed by atoms with Crippen LogP contribution in [-0.4, -0.2) is 11.2 Å². The minimum atomic E-state index is -0.0197. The van der Waals surface area contributed by atoms with E-state index < -0.39 is 0 Å². The summed E-state index contributed by atoms with van der Waals surface area (Å²) in [5, 5.41) is 8.88. The van der Waals surface area contributed by atoms with Crippen LogP contribution in [0.5, 0.6) is 0 Å². The first kappa shape index (κ1) is 5.10. The summed E-state index contributed by atoms with van der Waals surface area (Å²) in [7, 11) is 0. The summed E-state index contributed by atoms with van der Waals surface area (Å²) in [6.45, 7) is 0. The highest BCUT2D eigenvalue weighted by atomic mass is 16.3. The normalized spacial score (nSPS) is 25.3. The zero-order valence-corrected chi connectivity index (χ0v) is 4.43. The smallest absolute Gasteiger partial charge is 0.0543 e. The van der Waals surface area contributed by atoms with Gasteiger partial charge in [-0.3, -0.25) is 0 Å². The molecule has 0 saturated heterocycles. The standard InChI is InChI=1S/C6H11O/c7-6-4-2-1-3-5-6/h2,6-7H,1,3-5H2. The molecule has 1 radical (unpaired) electrons. The van der Waals surface area contributed by atoms with Crippen molar-refractivity contribution in [3.8, 4) is 0 Å². The molecule has 1 atom stereocenters. The molecular formula is C6H11O. The Morgan fingerprint density at radius 1 is 1.57 bits per heavy atom. The quantitative estimate of drug-likeness (QED) is 0.482. The first-order chi connectivity index (χ1) is 3.39. The van der Waals surface area contributed by atoms with Crippen LogP contribution in [0.2, 0.25) is 0 Å². The monoisotopic (exact) mass is 99.1 g/mol. The molecule has 1 heteroatoms. The van der Waals surface area contributed by atoms with Gasteiger partial charge in [-0.25, -0.2) is 0 Å². The van der Waals surface area contributed by atoms with E-state index >= 15 is 0 Å². The maximum Gasteiger partial charge on any atom is 0.0543 e. The summed E-state index contributed by atoms with van der Waals surface area (Å²) < 4.78 is 0. The van der Waals surface area contributed by atoms with Crippen molar-refractivity contribution in [3.05, 3.63) is 6.42 Å². The Balaban J connectivity index is 2.12. The summed E-state index contributed by atoms with van der Waals surface area (Å²) in [6, 6.07) is 0. The molecule has 0 aromatic carbocycles. The Hall–Kier alpha value is -0.0400. The van der Waals surface area contributed by atoms with Crippen molar-refractivity contribution in [3.63, 3.8) is 0 Å². The van der Waals surface area contributed by atoms with Crippen LogP contribution in [-0.2, 0) is 0 Å². The molecule has 1 rings (SSSR count). The molecule has 7 heavy (non-hydrogen) atoms. The van der Waals surface area contributed by atoms with E-state index in [2.05, 4.69) is 6.42 Å². The molecule has 41 valence electrons. The molecule has 0 aliphatic heterocycles. The summed E-state index contributed by atoms with van der Waals surface area (Å²) in [5.41, 5.74) is 0. The van der Waals surface area contributed by atoms with Gasteiger partial charge >= 0.3 is 0 Å². The molecule has 1 nitrogen and oxygen atoms in total. The zero-order chi connectivity index (χ0) is 5.11. The van der Waals surface area contributed by atoms with Crippen LogP contribution in [0.25, 0.3) is 0 Å². The summed E-state index contributed by atoms with van der Waals surface area (Å²) in [4.78, 5) is 0. The SMILES string of the molecule is OC1C[CH]CCC1. The van der Waals surface area contributed by atoms with Gasteiger partial charge in [0, 0.05) is 0 Å². The van der Waals surface area contributed by atoms with Gasteiger partial charge in [-0.1, -0.05) is 6.42 Å². The topological polar surface area (TPSA) is 20.2 Å². The highest BCUT2D eigenvalue weighted by Crippen LogP contribution is 2.15. The third-order valence-electron chi connectivity index (χ3n) is 1.38. The van der Waals surface area contributed by atoms with E-state index in [0.717, 1.165) is 12.8 Å². The molecular weight excluding hydrogens is 88.1 g/mol. The lowest BCUT2D eigenvalue weighted by atomic mass is 9.98. The first-order valence-corrected chi connectivity index (χ1v) is 2.89. The molecule has 0 amide bonds. The van der Waals surface area contributed by atoms with Crippen molar-refractivity contribution < 1.29 is 5.11 Å². The van der Waals surface area contributed by atoms with E-state index in [0.29, 0.717) is 0 Å². The second kappa shape index (κ2) is 2.31. The van der Waals surface area contributed by atoms with Gasteiger partial charge in [0.1, 0.15) is 0 Å². The Morgan fingerprint density at radius 2 is 2.43 bits per heavy atom. The van der Waals surface area contributed by atoms with Gasteiger partial charge in [0.05, 0.1) is 6.10 Å². The van der Waals surface area contributed by atoms with Crippen molar-refractivity contribution in [2.24, 2.45) is 0 Å². The number of hydrogen-bond donors (Lipinski definition) is 1. The fourth-order valence-electron chi connectivity index (χ4n) is 0.926. The van der Waals surface area contributed by atoms with Gasteiger partial charge in [0.25, 0.3) is 0 Å². The third kappa shape index (κ3) is 1.48. The van der Waals surface area contributed by atoms with E-state index in [1.54, 1.807) is 0 Å². The maximum atomic E-state index is 8.88. The molecule has 0 bridgehead atoms. The van der Waals surface area contributed by atoms with Gasteiger partial charge in [-0.2, -0.15) is 0 Å². The van der Waals surface area contributed by atoms with Crippen LogP contribution in [0.3, 0.4) is 0 Å². The molecule has 1 N–H and O–H groups in total.